The van der Waals surface area contributed by atoms with Crippen LogP contribution >= 0.6 is 31.9 Å². The van der Waals surface area contributed by atoms with E-state index < -0.39 is 23.5 Å². The molecule has 1 aromatic heterocycles. The van der Waals surface area contributed by atoms with E-state index in [1.54, 1.807) is 42.5 Å². The van der Waals surface area contributed by atoms with Crippen molar-refractivity contribution in [3.63, 3.8) is 0 Å². The Morgan fingerprint density at radius 2 is 1.53 bits per heavy atom. The van der Waals surface area contributed by atoms with E-state index in [-0.39, 0.29) is 5.69 Å². The summed E-state index contributed by atoms with van der Waals surface area (Å²) in [5.74, 6) is -2.85. The lowest BCUT2D eigenvalue weighted by Gasteiger charge is -2.13. The molecule has 0 aliphatic rings. The van der Waals surface area contributed by atoms with Gasteiger partial charge in [0.05, 0.1) is 5.52 Å². The molecule has 4 rings (SSSR count). The zero-order valence-corrected chi connectivity index (χ0v) is 20.8. The van der Waals surface area contributed by atoms with E-state index in [4.69, 9.17) is 0 Å². The van der Waals surface area contributed by atoms with Crippen LogP contribution in [0.3, 0.4) is 0 Å². The number of aryl methyl sites for hydroxylation is 1. The smallest absolute Gasteiger partial charge is 0.321 e. The first-order valence-electron chi connectivity index (χ1n) is 9.97. The van der Waals surface area contributed by atoms with Crippen LogP contribution in [-0.4, -0.2) is 22.4 Å². The van der Waals surface area contributed by atoms with Gasteiger partial charge in [0.1, 0.15) is 11.5 Å². The molecule has 172 valence electrons. The number of halogens is 3. The molecule has 7 nitrogen and oxygen atoms in total. The fourth-order valence-electron chi connectivity index (χ4n) is 3.26. The maximum absolute atomic E-state index is 13.2. The highest BCUT2D eigenvalue weighted by Crippen LogP contribution is 2.24. The third kappa shape index (κ3) is 5.18. The first-order chi connectivity index (χ1) is 16.2. The van der Waals surface area contributed by atoms with Crippen LogP contribution in [0.4, 0.5) is 15.8 Å². The summed E-state index contributed by atoms with van der Waals surface area (Å²) < 4.78 is 16.1. The first-order valence-corrected chi connectivity index (χ1v) is 11.6. The van der Waals surface area contributed by atoms with Gasteiger partial charge in [0.2, 0.25) is 0 Å². The van der Waals surface area contributed by atoms with E-state index in [9.17, 15) is 18.8 Å². The molecule has 34 heavy (non-hydrogen) atoms. The Kier molecular flexibility index (Phi) is 6.80. The number of benzene rings is 3. The number of carbonyl (C=O) groups is 3. The number of carbonyl (C=O) groups excluding carboxylic acids is 3. The van der Waals surface area contributed by atoms with Crippen molar-refractivity contribution in [2.24, 2.45) is 0 Å². The summed E-state index contributed by atoms with van der Waals surface area (Å²) in [7, 11) is 0. The Balaban J connectivity index is 1.61. The zero-order chi connectivity index (χ0) is 24.4. The second kappa shape index (κ2) is 9.78. The fraction of sp³-hybridized carbons (Fsp3) is 0.0417. The fourth-order valence-corrected chi connectivity index (χ4v) is 3.89. The van der Waals surface area contributed by atoms with Crippen LogP contribution in [-0.2, 0) is 9.59 Å². The molecule has 10 heteroatoms. The third-order valence-electron chi connectivity index (χ3n) is 4.93. The molecule has 0 atom stereocenters. The van der Waals surface area contributed by atoms with Gasteiger partial charge in [-0.2, -0.15) is 0 Å². The summed E-state index contributed by atoms with van der Waals surface area (Å²) in [5.41, 5.74) is 4.80. The SMILES string of the molecule is Cc1cc(NC(=O)C(=O)Nn2c(C(=O)Nc3ccc(F)cc3)cc3cc(Br)ccc32)ccc1Br. The maximum atomic E-state index is 13.2. The zero-order valence-electron chi connectivity index (χ0n) is 17.7. The molecular weight excluding hydrogens is 571 g/mol. The van der Waals surface area contributed by atoms with Gasteiger partial charge in [-0.15, -0.1) is 0 Å². The monoisotopic (exact) mass is 586 g/mol. The van der Waals surface area contributed by atoms with Gasteiger partial charge in [-0.25, -0.2) is 9.07 Å². The summed E-state index contributed by atoms with van der Waals surface area (Å²) in [4.78, 5) is 38.2. The molecule has 0 saturated carbocycles. The minimum absolute atomic E-state index is 0.0815. The van der Waals surface area contributed by atoms with Crippen molar-refractivity contribution >= 4 is 71.9 Å². The molecule has 4 aromatic rings. The number of fused-ring (bicyclic) bond motifs is 1. The number of anilines is 2. The predicted molar refractivity (Wildman–Crippen MR) is 136 cm³/mol. The van der Waals surface area contributed by atoms with Gasteiger partial charge in [-0.1, -0.05) is 31.9 Å². The molecule has 3 aromatic carbocycles. The molecule has 0 saturated heterocycles. The predicted octanol–water partition coefficient (Wildman–Crippen LogP) is 5.57. The van der Waals surface area contributed by atoms with E-state index >= 15 is 0 Å². The van der Waals surface area contributed by atoms with Crippen molar-refractivity contribution in [2.75, 3.05) is 16.1 Å². The normalized spacial score (nSPS) is 10.7. The average Bonchev–Trinajstić information content (AvgIpc) is 3.15. The number of amides is 3. The van der Waals surface area contributed by atoms with Crippen molar-refractivity contribution in [1.29, 1.82) is 0 Å². The van der Waals surface area contributed by atoms with Crippen LogP contribution in [0, 0.1) is 12.7 Å². The summed E-state index contributed by atoms with van der Waals surface area (Å²) >= 11 is 6.77. The van der Waals surface area contributed by atoms with Crippen molar-refractivity contribution in [3.8, 4) is 0 Å². The molecule has 0 aliphatic heterocycles. The van der Waals surface area contributed by atoms with Crippen molar-refractivity contribution in [1.82, 2.24) is 4.68 Å². The molecule has 1 heterocycles. The van der Waals surface area contributed by atoms with E-state index in [2.05, 4.69) is 47.9 Å². The van der Waals surface area contributed by atoms with E-state index in [0.717, 1.165) is 14.5 Å². The van der Waals surface area contributed by atoms with E-state index in [1.165, 1.54) is 28.9 Å². The Labute approximate surface area is 210 Å². The lowest BCUT2D eigenvalue weighted by molar-refractivity contribution is -0.133. The number of rotatable bonds is 4. The van der Waals surface area contributed by atoms with Gasteiger partial charge >= 0.3 is 11.8 Å². The number of nitrogens with zero attached hydrogens (tertiary/aromatic N) is 1. The average molecular weight is 588 g/mol. The van der Waals surface area contributed by atoms with Crippen LogP contribution in [0.2, 0.25) is 0 Å². The summed E-state index contributed by atoms with van der Waals surface area (Å²) in [6, 6.07) is 17.2. The van der Waals surface area contributed by atoms with Crippen LogP contribution in [0.1, 0.15) is 16.1 Å². The largest absolute Gasteiger partial charge is 0.328 e. The van der Waals surface area contributed by atoms with E-state index in [1.807, 2.05) is 6.92 Å². The van der Waals surface area contributed by atoms with Gasteiger partial charge in [-0.05, 0) is 79.2 Å². The van der Waals surface area contributed by atoms with Gasteiger partial charge < -0.3 is 10.6 Å². The van der Waals surface area contributed by atoms with Crippen molar-refractivity contribution in [2.45, 2.75) is 6.92 Å². The first kappa shape index (κ1) is 23.7. The minimum Gasteiger partial charge on any atom is -0.321 e. The second-order valence-corrected chi connectivity index (χ2v) is 9.16. The van der Waals surface area contributed by atoms with Gasteiger partial charge in [0.25, 0.3) is 5.91 Å². The molecule has 0 aliphatic carbocycles. The minimum atomic E-state index is -0.961. The third-order valence-corrected chi connectivity index (χ3v) is 6.32. The summed E-state index contributed by atoms with van der Waals surface area (Å²) in [5, 5.41) is 5.86. The molecule has 0 spiro atoms. The highest BCUT2D eigenvalue weighted by atomic mass is 79.9. The Hall–Kier alpha value is -3.50. The Bertz CT molecular complexity index is 1430. The topological polar surface area (TPSA) is 92.2 Å². The number of hydrogen-bond acceptors (Lipinski definition) is 3. The highest BCUT2D eigenvalue weighted by Gasteiger charge is 2.21. The molecular formula is C24H17Br2FN4O3. The maximum Gasteiger partial charge on any atom is 0.328 e. The summed E-state index contributed by atoms with van der Waals surface area (Å²) in [6.07, 6.45) is 0. The quantitative estimate of drug-likeness (QED) is 0.272. The number of aromatic nitrogens is 1. The molecule has 0 unspecified atom stereocenters. The van der Waals surface area contributed by atoms with Crippen LogP contribution in [0.15, 0.2) is 75.7 Å². The second-order valence-electron chi connectivity index (χ2n) is 7.39. The van der Waals surface area contributed by atoms with Crippen LogP contribution in [0.5, 0.6) is 0 Å². The lowest BCUT2D eigenvalue weighted by Crippen LogP contribution is -2.36. The molecule has 3 amide bonds. The lowest BCUT2D eigenvalue weighted by atomic mass is 10.2. The molecule has 0 bridgehead atoms. The standard InChI is InChI=1S/C24H17Br2FN4O3/c1-13-10-18(7-8-19(13)26)29-23(33)24(34)30-31-20-9-2-15(25)11-14(20)12-21(31)22(32)28-17-5-3-16(27)4-6-17/h2-12H,1H3,(H,28,32)(H,29,33)(H,30,34). The molecule has 0 radical (unpaired) electrons. The highest BCUT2D eigenvalue weighted by molar-refractivity contribution is 9.10. The number of hydrogen-bond donors (Lipinski definition) is 3. The van der Waals surface area contributed by atoms with Crippen molar-refractivity contribution in [3.05, 3.63) is 92.8 Å². The van der Waals surface area contributed by atoms with Crippen LogP contribution in [0.25, 0.3) is 10.9 Å². The summed E-state index contributed by atoms with van der Waals surface area (Å²) in [6.45, 7) is 1.86. The van der Waals surface area contributed by atoms with Gasteiger partial charge in [-0.3, -0.25) is 19.8 Å². The van der Waals surface area contributed by atoms with Crippen molar-refractivity contribution < 1.29 is 18.8 Å². The Morgan fingerprint density at radius 3 is 2.24 bits per heavy atom. The van der Waals surface area contributed by atoms with E-state index in [0.29, 0.717) is 22.3 Å². The molecule has 0 fully saturated rings. The van der Waals surface area contributed by atoms with Gasteiger partial charge in [0, 0.05) is 25.7 Å². The number of nitrogens with one attached hydrogen (secondary N) is 3. The van der Waals surface area contributed by atoms with Crippen LogP contribution < -0.4 is 16.1 Å². The molecule has 3 N–H and O–H groups in total. The Morgan fingerprint density at radius 1 is 0.824 bits per heavy atom. The van der Waals surface area contributed by atoms with Gasteiger partial charge in [0.15, 0.2) is 0 Å².